The molecule has 0 aliphatic carbocycles. The minimum Gasteiger partial charge on any atom is -0.334 e. The van der Waals surface area contributed by atoms with Crippen molar-refractivity contribution in [2.24, 2.45) is 0 Å². The van der Waals surface area contributed by atoms with Gasteiger partial charge in [0.05, 0.1) is 11.3 Å². The van der Waals surface area contributed by atoms with Crippen LogP contribution >= 0.6 is 0 Å². The molecule has 1 aromatic heterocycles. The van der Waals surface area contributed by atoms with Gasteiger partial charge in [0.1, 0.15) is 0 Å². The van der Waals surface area contributed by atoms with Crippen LogP contribution in [-0.2, 0) is 6.18 Å². The number of aromatic nitrogens is 2. The van der Waals surface area contributed by atoms with E-state index >= 15 is 0 Å². The average molecular weight is 379 g/mol. The Balaban J connectivity index is 2.05. The second-order valence-corrected chi connectivity index (χ2v) is 6.80. The van der Waals surface area contributed by atoms with Crippen LogP contribution in [0.15, 0.2) is 35.1 Å². The van der Waals surface area contributed by atoms with Crippen LogP contribution in [0.2, 0.25) is 0 Å². The van der Waals surface area contributed by atoms with E-state index in [1.165, 1.54) is 22.9 Å². The number of carbonyl (C=O) groups is 1. The van der Waals surface area contributed by atoms with Crippen molar-refractivity contribution in [2.45, 2.75) is 45.3 Å². The molecule has 2 heterocycles. The lowest BCUT2D eigenvalue weighted by Crippen LogP contribution is -2.44. The number of amides is 1. The molecule has 0 saturated carbocycles. The lowest BCUT2D eigenvalue weighted by atomic mass is 10.0. The van der Waals surface area contributed by atoms with Crippen molar-refractivity contribution in [2.75, 3.05) is 6.54 Å². The van der Waals surface area contributed by atoms with Crippen LogP contribution in [0.5, 0.6) is 0 Å². The molecular weight excluding hydrogens is 359 g/mol. The Morgan fingerprint density at radius 2 is 1.96 bits per heavy atom. The minimum absolute atomic E-state index is 0.00393. The van der Waals surface area contributed by atoms with Crippen LogP contribution < -0.4 is 5.43 Å². The van der Waals surface area contributed by atoms with E-state index in [9.17, 15) is 22.8 Å². The number of aryl methyl sites for hydroxylation is 1. The van der Waals surface area contributed by atoms with Gasteiger partial charge in [0.2, 0.25) is 5.43 Å². The van der Waals surface area contributed by atoms with Gasteiger partial charge in [0.15, 0.2) is 5.69 Å². The second-order valence-electron chi connectivity index (χ2n) is 6.80. The fourth-order valence-corrected chi connectivity index (χ4v) is 3.31. The number of hydrogen-bond acceptors (Lipinski definition) is 3. The molecule has 5 nitrogen and oxygen atoms in total. The summed E-state index contributed by atoms with van der Waals surface area (Å²) in [5, 5.41) is 4.12. The maximum Gasteiger partial charge on any atom is 0.416 e. The van der Waals surface area contributed by atoms with E-state index in [0.29, 0.717) is 12.2 Å². The Hall–Kier alpha value is -2.64. The summed E-state index contributed by atoms with van der Waals surface area (Å²) < 4.78 is 40.2. The number of piperidine rings is 1. The van der Waals surface area contributed by atoms with Gasteiger partial charge in [0.25, 0.3) is 5.91 Å². The predicted octanol–water partition coefficient (Wildman–Crippen LogP) is 3.57. The largest absolute Gasteiger partial charge is 0.416 e. The highest BCUT2D eigenvalue weighted by molar-refractivity contribution is 5.92. The van der Waals surface area contributed by atoms with Crippen molar-refractivity contribution >= 4 is 5.91 Å². The number of nitrogens with zero attached hydrogens (tertiary/aromatic N) is 3. The Kier molecular flexibility index (Phi) is 5.08. The highest BCUT2D eigenvalue weighted by Crippen LogP contribution is 2.30. The Labute approximate surface area is 154 Å². The van der Waals surface area contributed by atoms with E-state index < -0.39 is 23.1 Å². The fourth-order valence-electron chi connectivity index (χ4n) is 3.31. The van der Waals surface area contributed by atoms with Crippen molar-refractivity contribution in [1.82, 2.24) is 14.7 Å². The second kappa shape index (κ2) is 7.17. The Morgan fingerprint density at radius 1 is 1.22 bits per heavy atom. The molecule has 0 N–H and O–H groups in total. The van der Waals surface area contributed by atoms with Crippen molar-refractivity contribution in [3.05, 3.63) is 57.5 Å². The van der Waals surface area contributed by atoms with Gasteiger partial charge < -0.3 is 4.90 Å². The summed E-state index contributed by atoms with van der Waals surface area (Å²) in [4.78, 5) is 26.8. The molecule has 1 aliphatic heterocycles. The molecule has 8 heteroatoms. The summed E-state index contributed by atoms with van der Waals surface area (Å²) in [6.07, 6.45) is -1.78. The molecule has 0 bridgehead atoms. The van der Waals surface area contributed by atoms with Crippen molar-refractivity contribution in [3.63, 3.8) is 0 Å². The number of hydrogen-bond donors (Lipinski definition) is 0. The predicted molar refractivity (Wildman–Crippen MR) is 93.9 cm³/mol. The number of halogens is 3. The first kappa shape index (κ1) is 19.1. The number of likely N-dealkylation sites (tertiary alicyclic amines) is 1. The molecule has 144 valence electrons. The first-order valence-corrected chi connectivity index (χ1v) is 8.78. The summed E-state index contributed by atoms with van der Waals surface area (Å²) in [5.74, 6) is -0.479. The topological polar surface area (TPSA) is 55.2 Å². The standard InChI is InChI=1S/C19H20F3N3O2/c1-12-6-3-4-9-24(12)18(27)17-16(26)10-13(2)25(23-17)15-8-5-7-14(11-15)19(20,21)22/h5,7-8,10-12H,3-4,6,9H2,1-2H3. The van der Waals surface area contributed by atoms with Gasteiger partial charge in [-0.3, -0.25) is 9.59 Å². The molecule has 1 aliphatic rings. The van der Waals surface area contributed by atoms with Gasteiger partial charge in [-0.25, -0.2) is 4.68 Å². The zero-order chi connectivity index (χ0) is 19.8. The van der Waals surface area contributed by atoms with Crippen LogP contribution in [-0.4, -0.2) is 33.2 Å². The zero-order valence-corrected chi connectivity index (χ0v) is 15.1. The van der Waals surface area contributed by atoms with Crippen LogP contribution in [0, 0.1) is 6.92 Å². The highest BCUT2D eigenvalue weighted by atomic mass is 19.4. The first-order chi connectivity index (χ1) is 12.7. The molecule has 2 aromatic rings. The Morgan fingerprint density at radius 3 is 2.63 bits per heavy atom. The molecule has 1 aromatic carbocycles. The number of carbonyl (C=O) groups excluding carboxylic acids is 1. The lowest BCUT2D eigenvalue weighted by molar-refractivity contribution is -0.137. The van der Waals surface area contributed by atoms with Crippen LogP contribution in [0.1, 0.15) is 47.9 Å². The summed E-state index contributed by atoms with van der Waals surface area (Å²) in [6.45, 7) is 4.02. The van der Waals surface area contributed by atoms with Crippen LogP contribution in [0.25, 0.3) is 5.69 Å². The smallest absolute Gasteiger partial charge is 0.334 e. The molecule has 1 fully saturated rings. The van der Waals surface area contributed by atoms with Gasteiger partial charge >= 0.3 is 6.18 Å². The number of benzene rings is 1. The third-order valence-electron chi connectivity index (χ3n) is 4.79. The average Bonchev–Trinajstić information content (AvgIpc) is 2.61. The van der Waals surface area contributed by atoms with Gasteiger partial charge in [0, 0.05) is 24.3 Å². The molecule has 1 unspecified atom stereocenters. The summed E-state index contributed by atoms with van der Waals surface area (Å²) in [7, 11) is 0. The van der Waals surface area contributed by atoms with Crippen molar-refractivity contribution < 1.29 is 18.0 Å². The van der Waals surface area contributed by atoms with Crippen molar-refractivity contribution in [3.8, 4) is 5.69 Å². The maximum atomic E-state index is 13.0. The van der Waals surface area contributed by atoms with E-state index in [1.807, 2.05) is 6.92 Å². The van der Waals surface area contributed by atoms with E-state index in [-0.39, 0.29) is 17.4 Å². The number of alkyl halides is 3. The monoisotopic (exact) mass is 379 g/mol. The van der Waals surface area contributed by atoms with E-state index in [1.54, 1.807) is 11.8 Å². The molecule has 1 saturated heterocycles. The summed E-state index contributed by atoms with van der Waals surface area (Å²) in [5.41, 5.74) is -1.13. The highest BCUT2D eigenvalue weighted by Gasteiger charge is 2.31. The molecule has 1 atom stereocenters. The molecule has 3 rings (SSSR count). The quantitative estimate of drug-likeness (QED) is 0.802. The molecule has 0 radical (unpaired) electrons. The normalized spacial score (nSPS) is 17.8. The van der Waals surface area contributed by atoms with Crippen LogP contribution in [0.3, 0.4) is 0 Å². The van der Waals surface area contributed by atoms with Gasteiger partial charge in [-0.05, 0) is 51.3 Å². The molecule has 27 heavy (non-hydrogen) atoms. The fraction of sp³-hybridized carbons (Fsp3) is 0.421. The molecule has 0 spiro atoms. The molecular formula is C19H20F3N3O2. The van der Waals surface area contributed by atoms with E-state index in [0.717, 1.165) is 31.4 Å². The maximum absolute atomic E-state index is 13.0. The Bertz CT molecular complexity index is 921. The minimum atomic E-state index is -4.50. The van der Waals surface area contributed by atoms with Crippen molar-refractivity contribution in [1.29, 1.82) is 0 Å². The van der Waals surface area contributed by atoms with Gasteiger partial charge in [-0.15, -0.1) is 0 Å². The SMILES string of the molecule is Cc1cc(=O)c(C(=O)N2CCCCC2C)nn1-c1cccc(C(F)(F)F)c1. The third-order valence-corrected chi connectivity index (χ3v) is 4.79. The summed E-state index contributed by atoms with van der Waals surface area (Å²) in [6, 6.07) is 5.86. The molecule has 1 amide bonds. The first-order valence-electron chi connectivity index (χ1n) is 8.78. The summed E-state index contributed by atoms with van der Waals surface area (Å²) >= 11 is 0. The van der Waals surface area contributed by atoms with Crippen LogP contribution in [0.4, 0.5) is 13.2 Å². The van der Waals surface area contributed by atoms with E-state index in [2.05, 4.69) is 5.10 Å². The van der Waals surface area contributed by atoms with E-state index in [4.69, 9.17) is 0 Å². The van der Waals surface area contributed by atoms with Gasteiger partial charge in [-0.2, -0.15) is 18.3 Å². The zero-order valence-electron chi connectivity index (χ0n) is 15.1. The van der Waals surface area contributed by atoms with Gasteiger partial charge in [-0.1, -0.05) is 6.07 Å². The third kappa shape index (κ3) is 3.89. The number of rotatable bonds is 2. The lowest BCUT2D eigenvalue weighted by Gasteiger charge is -2.33.